The molecule has 1 amide bonds. The molecule has 0 spiro atoms. The first-order chi connectivity index (χ1) is 8.63. The van der Waals surface area contributed by atoms with Gasteiger partial charge in [0.2, 0.25) is 0 Å². The van der Waals surface area contributed by atoms with Crippen molar-refractivity contribution in [2.45, 2.75) is 6.92 Å². The Morgan fingerprint density at radius 1 is 1.17 bits per heavy atom. The number of methoxy groups -OCH3 is 3. The summed E-state index contributed by atoms with van der Waals surface area (Å²) >= 11 is 0. The zero-order chi connectivity index (χ0) is 13.5. The molecule has 0 saturated carbocycles. The van der Waals surface area contributed by atoms with Crippen LogP contribution in [0.2, 0.25) is 0 Å². The molecule has 0 aliphatic heterocycles. The quantitative estimate of drug-likeness (QED) is 0.778. The lowest BCUT2D eigenvalue weighted by Gasteiger charge is -2.12. The third kappa shape index (κ3) is 3.37. The van der Waals surface area contributed by atoms with Gasteiger partial charge in [0.15, 0.2) is 11.5 Å². The first-order valence-corrected chi connectivity index (χ1v) is 5.63. The highest BCUT2D eigenvalue weighted by molar-refractivity contribution is 5.96. The van der Waals surface area contributed by atoms with Crippen LogP contribution in [0.25, 0.3) is 0 Å². The van der Waals surface area contributed by atoms with Crippen molar-refractivity contribution >= 4 is 5.91 Å². The first kappa shape index (κ1) is 14.3. The molecule has 0 radical (unpaired) electrons. The number of aryl methyl sites for hydroxylation is 1. The lowest BCUT2D eigenvalue weighted by molar-refractivity contribution is 0.0936. The lowest BCUT2D eigenvalue weighted by atomic mass is 10.1. The van der Waals surface area contributed by atoms with Crippen LogP contribution in [0, 0.1) is 6.92 Å². The molecule has 0 saturated heterocycles. The normalized spacial score (nSPS) is 10.0. The Morgan fingerprint density at radius 3 is 2.33 bits per heavy atom. The highest BCUT2D eigenvalue weighted by atomic mass is 16.5. The second-order valence-corrected chi connectivity index (χ2v) is 3.77. The standard InChI is InChI=1S/C13H19NO4/c1-9-7-11(17-3)12(18-4)8-10(9)13(15)14-5-6-16-2/h7-8H,5-6H2,1-4H3,(H,14,15). The molecule has 0 aliphatic carbocycles. The SMILES string of the molecule is COCCNC(=O)c1cc(OC)c(OC)cc1C. The zero-order valence-corrected chi connectivity index (χ0v) is 11.2. The van der Waals surface area contributed by atoms with Crippen LogP contribution in [0.4, 0.5) is 0 Å². The molecule has 0 atom stereocenters. The molecular weight excluding hydrogens is 234 g/mol. The van der Waals surface area contributed by atoms with Crippen LogP contribution < -0.4 is 14.8 Å². The van der Waals surface area contributed by atoms with E-state index in [1.807, 2.05) is 6.92 Å². The molecule has 0 heterocycles. The third-order valence-electron chi connectivity index (χ3n) is 2.57. The zero-order valence-electron chi connectivity index (χ0n) is 11.2. The Labute approximate surface area is 107 Å². The van der Waals surface area contributed by atoms with Gasteiger partial charge in [0, 0.05) is 19.2 Å². The van der Waals surface area contributed by atoms with Crippen molar-refractivity contribution in [1.82, 2.24) is 5.32 Å². The molecule has 1 rings (SSSR count). The van der Waals surface area contributed by atoms with E-state index in [0.29, 0.717) is 30.2 Å². The van der Waals surface area contributed by atoms with Crippen molar-refractivity contribution in [2.24, 2.45) is 0 Å². The fourth-order valence-electron chi connectivity index (χ4n) is 1.59. The molecule has 1 aromatic rings. The van der Waals surface area contributed by atoms with E-state index < -0.39 is 0 Å². The van der Waals surface area contributed by atoms with E-state index in [4.69, 9.17) is 14.2 Å². The molecule has 18 heavy (non-hydrogen) atoms. The third-order valence-corrected chi connectivity index (χ3v) is 2.57. The van der Waals surface area contributed by atoms with E-state index in [-0.39, 0.29) is 5.91 Å². The average Bonchev–Trinajstić information content (AvgIpc) is 2.38. The largest absolute Gasteiger partial charge is 0.493 e. The molecule has 0 bridgehead atoms. The molecule has 0 aromatic heterocycles. The summed E-state index contributed by atoms with van der Waals surface area (Å²) in [5.41, 5.74) is 1.41. The fourth-order valence-corrected chi connectivity index (χ4v) is 1.59. The summed E-state index contributed by atoms with van der Waals surface area (Å²) in [5, 5.41) is 2.77. The molecule has 1 aromatic carbocycles. The predicted molar refractivity (Wildman–Crippen MR) is 68.5 cm³/mol. The second-order valence-electron chi connectivity index (χ2n) is 3.77. The summed E-state index contributed by atoms with van der Waals surface area (Å²) < 4.78 is 15.2. The van der Waals surface area contributed by atoms with Crippen LogP contribution in [0.3, 0.4) is 0 Å². The number of benzene rings is 1. The van der Waals surface area contributed by atoms with Gasteiger partial charge in [0.25, 0.3) is 5.91 Å². The van der Waals surface area contributed by atoms with Gasteiger partial charge < -0.3 is 19.5 Å². The number of nitrogens with one attached hydrogen (secondary N) is 1. The number of rotatable bonds is 6. The summed E-state index contributed by atoms with van der Waals surface area (Å²) in [6.07, 6.45) is 0. The highest BCUT2D eigenvalue weighted by Gasteiger charge is 2.13. The topological polar surface area (TPSA) is 56.8 Å². The van der Waals surface area contributed by atoms with Crippen molar-refractivity contribution in [3.05, 3.63) is 23.3 Å². The summed E-state index contributed by atoms with van der Waals surface area (Å²) in [5.74, 6) is 1.01. The van der Waals surface area contributed by atoms with Gasteiger partial charge >= 0.3 is 0 Å². The Morgan fingerprint density at radius 2 is 1.78 bits per heavy atom. The molecule has 5 heteroatoms. The number of carbonyl (C=O) groups is 1. The van der Waals surface area contributed by atoms with Gasteiger partial charge in [-0.15, -0.1) is 0 Å². The first-order valence-electron chi connectivity index (χ1n) is 5.63. The number of hydrogen-bond acceptors (Lipinski definition) is 4. The van der Waals surface area contributed by atoms with Crippen LogP contribution in [0.5, 0.6) is 11.5 Å². The minimum absolute atomic E-state index is 0.148. The number of ether oxygens (including phenoxy) is 3. The van der Waals surface area contributed by atoms with E-state index in [1.165, 1.54) is 0 Å². The Hall–Kier alpha value is -1.75. The minimum atomic E-state index is -0.148. The van der Waals surface area contributed by atoms with Gasteiger partial charge in [-0.1, -0.05) is 0 Å². The van der Waals surface area contributed by atoms with Gasteiger partial charge in [-0.05, 0) is 24.6 Å². The van der Waals surface area contributed by atoms with E-state index in [0.717, 1.165) is 5.56 Å². The van der Waals surface area contributed by atoms with Crippen LogP contribution in [-0.2, 0) is 4.74 Å². The molecule has 0 unspecified atom stereocenters. The van der Waals surface area contributed by atoms with Gasteiger partial charge in [-0.2, -0.15) is 0 Å². The summed E-state index contributed by atoms with van der Waals surface area (Å²) in [6, 6.07) is 3.46. The van der Waals surface area contributed by atoms with Crippen LogP contribution >= 0.6 is 0 Å². The molecule has 1 N–H and O–H groups in total. The Kier molecular flexibility index (Phi) is 5.45. The van der Waals surface area contributed by atoms with Gasteiger partial charge in [-0.3, -0.25) is 4.79 Å². The van der Waals surface area contributed by atoms with Gasteiger partial charge in [-0.25, -0.2) is 0 Å². The van der Waals surface area contributed by atoms with Crippen molar-refractivity contribution in [2.75, 3.05) is 34.5 Å². The Bertz CT molecular complexity index is 418. The summed E-state index contributed by atoms with van der Waals surface area (Å²) in [6.45, 7) is 2.81. The monoisotopic (exact) mass is 253 g/mol. The lowest BCUT2D eigenvalue weighted by Crippen LogP contribution is -2.27. The number of carbonyl (C=O) groups excluding carboxylic acids is 1. The van der Waals surface area contributed by atoms with Crippen LogP contribution in [0.1, 0.15) is 15.9 Å². The average molecular weight is 253 g/mol. The maximum absolute atomic E-state index is 11.9. The maximum Gasteiger partial charge on any atom is 0.251 e. The maximum atomic E-state index is 11.9. The van der Waals surface area contributed by atoms with E-state index >= 15 is 0 Å². The molecule has 100 valence electrons. The molecule has 5 nitrogen and oxygen atoms in total. The van der Waals surface area contributed by atoms with Crippen molar-refractivity contribution in [1.29, 1.82) is 0 Å². The van der Waals surface area contributed by atoms with E-state index in [9.17, 15) is 4.79 Å². The number of amides is 1. The van der Waals surface area contributed by atoms with Crippen molar-refractivity contribution < 1.29 is 19.0 Å². The van der Waals surface area contributed by atoms with Crippen LogP contribution in [0.15, 0.2) is 12.1 Å². The fraction of sp³-hybridized carbons (Fsp3) is 0.462. The van der Waals surface area contributed by atoms with E-state index in [1.54, 1.807) is 33.5 Å². The van der Waals surface area contributed by atoms with Crippen molar-refractivity contribution in [3.8, 4) is 11.5 Å². The van der Waals surface area contributed by atoms with Gasteiger partial charge in [0.05, 0.1) is 20.8 Å². The Balaban J connectivity index is 2.91. The van der Waals surface area contributed by atoms with Crippen LogP contribution in [-0.4, -0.2) is 40.4 Å². The minimum Gasteiger partial charge on any atom is -0.493 e. The molecular formula is C13H19NO4. The smallest absolute Gasteiger partial charge is 0.251 e. The summed E-state index contributed by atoms with van der Waals surface area (Å²) in [4.78, 5) is 11.9. The van der Waals surface area contributed by atoms with Gasteiger partial charge in [0.1, 0.15) is 0 Å². The summed E-state index contributed by atoms with van der Waals surface area (Å²) in [7, 11) is 4.70. The predicted octanol–water partition coefficient (Wildman–Crippen LogP) is 1.39. The van der Waals surface area contributed by atoms with Crippen molar-refractivity contribution in [3.63, 3.8) is 0 Å². The second kappa shape index (κ2) is 6.86. The molecule has 0 aliphatic rings. The highest BCUT2D eigenvalue weighted by Crippen LogP contribution is 2.30. The molecule has 0 fully saturated rings. The van der Waals surface area contributed by atoms with E-state index in [2.05, 4.69) is 5.32 Å². The number of hydrogen-bond donors (Lipinski definition) is 1.